The second-order valence-electron chi connectivity index (χ2n) is 3.38. The van der Waals surface area contributed by atoms with E-state index in [2.05, 4.69) is 6.07 Å². The van der Waals surface area contributed by atoms with Gasteiger partial charge in [0.1, 0.15) is 6.04 Å². The predicted molar refractivity (Wildman–Crippen MR) is 58.0 cm³/mol. The Kier molecular flexibility index (Phi) is 2.26. The fourth-order valence-corrected chi connectivity index (χ4v) is 1.74. The largest absolute Gasteiger partial charge is 0.292 e. The van der Waals surface area contributed by atoms with Gasteiger partial charge < -0.3 is 0 Å². The molecule has 1 atom stereocenters. The van der Waals surface area contributed by atoms with Crippen LogP contribution >= 0.6 is 0 Å². The molecule has 0 N–H and O–H groups in total. The molecule has 0 aliphatic carbocycles. The monoisotopic (exact) mass is 198 g/mol. The number of nitriles is 1. The highest BCUT2D eigenvalue weighted by Crippen LogP contribution is 2.28. The summed E-state index contributed by atoms with van der Waals surface area (Å²) in [6.07, 6.45) is 3.62. The number of amides is 1. The molecular weight excluding hydrogens is 188 g/mol. The average Bonchev–Trinajstić information content (AvgIpc) is 2.27. The van der Waals surface area contributed by atoms with E-state index in [1.54, 1.807) is 6.08 Å². The molecule has 1 amide bonds. The van der Waals surface area contributed by atoms with Gasteiger partial charge in [-0.2, -0.15) is 5.26 Å². The second kappa shape index (κ2) is 3.58. The molecule has 0 saturated heterocycles. The summed E-state index contributed by atoms with van der Waals surface area (Å²) in [5.41, 5.74) is 1.78. The van der Waals surface area contributed by atoms with Crippen LogP contribution in [0.5, 0.6) is 0 Å². The van der Waals surface area contributed by atoms with Gasteiger partial charge in [0, 0.05) is 6.92 Å². The zero-order chi connectivity index (χ0) is 10.8. The highest BCUT2D eigenvalue weighted by molar-refractivity contribution is 5.97. The van der Waals surface area contributed by atoms with Crippen molar-refractivity contribution in [3.05, 3.63) is 35.9 Å². The van der Waals surface area contributed by atoms with Gasteiger partial charge in [-0.3, -0.25) is 9.69 Å². The molecule has 0 spiro atoms. The summed E-state index contributed by atoms with van der Waals surface area (Å²) < 4.78 is 0. The van der Waals surface area contributed by atoms with Crippen LogP contribution in [0.4, 0.5) is 5.69 Å². The van der Waals surface area contributed by atoms with Gasteiger partial charge in [0.05, 0.1) is 11.8 Å². The van der Waals surface area contributed by atoms with E-state index in [9.17, 15) is 4.79 Å². The first kappa shape index (κ1) is 9.47. The predicted octanol–water partition coefficient (Wildman–Crippen LogP) is 1.96. The molecule has 0 radical (unpaired) electrons. The molecule has 0 bridgehead atoms. The fraction of sp³-hybridized carbons (Fsp3) is 0.167. The lowest BCUT2D eigenvalue weighted by Crippen LogP contribution is -2.38. The lowest BCUT2D eigenvalue weighted by atomic mass is 10.0. The third kappa shape index (κ3) is 1.50. The number of fused-ring (bicyclic) bond motifs is 1. The molecule has 74 valence electrons. The molecule has 1 aliphatic heterocycles. The van der Waals surface area contributed by atoms with Gasteiger partial charge in [-0.25, -0.2) is 0 Å². The van der Waals surface area contributed by atoms with Crippen LogP contribution in [-0.4, -0.2) is 11.9 Å². The third-order valence-corrected chi connectivity index (χ3v) is 2.40. The number of nitrogens with zero attached hydrogens (tertiary/aromatic N) is 2. The number of carbonyl (C=O) groups excluding carboxylic acids is 1. The van der Waals surface area contributed by atoms with Gasteiger partial charge in [-0.15, -0.1) is 0 Å². The van der Waals surface area contributed by atoms with E-state index >= 15 is 0 Å². The number of anilines is 1. The van der Waals surface area contributed by atoms with E-state index in [0.717, 1.165) is 11.3 Å². The summed E-state index contributed by atoms with van der Waals surface area (Å²) in [7, 11) is 0. The Labute approximate surface area is 88.2 Å². The molecule has 3 nitrogen and oxygen atoms in total. The second-order valence-corrected chi connectivity index (χ2v) is 3.38. The Morgan fingerprint density at radius 3 is 2.87 bits per heavy atom. The number of rotatable bonds is 0. The number of benzene rings is 1. The summed E-state index contributed by atoms with van der Waals surface area (Å²) in [5.74, 6) is -0.113. The van der Waals surface area contributed by atoms with Crippen molar-refractivity contribution in [1.82, 2.24) is 0 Å². The summed E-state index contributed by atoms with van der Waals surface area (Å²) in [4.78, 5) is 13.0. The molecular formula is C12H10N2O. The van der Waals surface area contributed by atoms with Crippen LogP contribution in [0.15, 0.2) is 30.3 Å². The van der Waals surface area contributed by atoms with Gasteiger partial charge >= 0.3 is 0 Å². The van der Waals surface area contributed by atoms with Crippen LogP contribution in [0.1, 0.15) is 12.5 Å². The van der Waals surface area contributed by atoms with Gasteiger partial charge in [0.15, 0.2) is 0 Å². The number of hydrogen-bond acceptors (Lipinski definition) is 2. The zero-order valence-corrected chi connectivity index (χ0v) is 8.34. The van der Waals surface area contributed by atoms with Crippen molar-refractivity contribution in [3.63, 3.8) is 0 Å². The summed E-state index contributed by atoms with van der Waals surface area (Å²) >= 11 is 0. The van der Waals surface area contributed by atoms with Crippen LogP contribution in [0.3, 0.4) is 0 Å². The van der Waals surface area contributed by atoms with E-state index in [4.69, 9.17) is 5.26 Å². The molecule has 15 heavy (non-hydrogen) atoms. The first-order valence-corrected chi connectivity index (χ1v) is 4.70. The Bertz CT molecular complexity index is 471. The molecule has 1 unspecified atom stereocenters. The van der Waals surface area contributed by atoms with Gasteiger partial charge in [-0.05, 0) is 17.7 Å². The number of carbonyl (C=O) groups is 1. The van der Waals surface area contributed by atoms with Crippen molar-refractivity contribution in [3.8, 4) is 6.07 Å². The Balaban J connectivity index is 2.55. The fourth-order valence-electron chi connectivity index (χ4n) is 1.74. The highest BCUT2D eigenvalue weighted by atomic mass is 16.2. The molecule has 1 aromatic carbocycles. The van der Waals surface area contributed by atoms with E-state index in [1.165, 1.54) is 11.8 Å². The average molecular weight is 198 g/mol. The van der Waals surface area contributed by atoms with Gasteiger partial charge in [0.25, 0.3) is 0 Å². The Morgan fingerprint density at radius 1 is 1.47 bits per heavy atom. The van der Waals surface area contributed by atoms with Crippen molar-refractivity contribution in [2.24, 2.45) is 0 Å². The lowest BCUT2D eigenvalue weighted by Gasteiger charge is -2.28. The van der Waals surface area contributed by atoms with Crippen LogP contribution in [0, 0.1) is 11.3 Å². The van der Waals surface area contributed by atoms with Crippen molar-refractivity contribution >= 4 is 17.7 Å². The van der Waals surface area contributed by atoms with Crippen molar-refractivity contribution in [2.45, 2.75) is 13.0 Å². The maximum Gasteiger partial charge on any atom is 0.225 e. The van der Waals surface area contributed by atoms with Gasteiger partial charge in [0.2, 0.25) is 5.91 Å². The van der Waals surface area contributed by atoms with Crippen LogP contribution in [-0.2, 0) is 4.79 Å². The van der Waals surface area contributed by atoms with E-state index in [0.29, 0.717) is 0 Å². The number of para-hydroxylation sites is 1. The first-order chi connectivity index (χ1) is 7.24. The van der Waals surface area contributed by atoms with Crippen molar-refractivity contribution in [1.29, 1.82) is 5.26 Å². The minimum atomic E-state index is -0.489. The van der Waals surface area contributed by atoms with Crippen molar-refractivity contribution in [2.75, 3.05) is 4.90 Å². The zero-order valence-electron chi connectivity index (χ0n) is 8.34. The molecule has 1 aromatic rings. The van der Waals surface area contributed by atoms with E-state index in [1.807, 2.05) is 30.3 Å². The van der Waals surface area contributed by atoms with Crippen LogP contribution in [0.25, 0.3) is 6.08 Å². The van der Waals surface area contributed by atoms with Crippen LogP contribution in [0.2, 0.25) is 0 Å². The summed E-state index contributed by atoms with van der Waals surface area (Å²) in [5, 5.41) is 8.94. The van der Waals surface area contributed by atoms with Crippen molar-refractivity contribution < 1.29 is 4.79 Å². The third-order valence-electron chi connectivity index (χ3n) is 2.40. The maximum absolute atomic E-state index is 11.5. The minimum Gasteiger partial charge on any atom is -0.292 e. The smallest absolute Gasteiger partial charge is 0.225 e. The van der Waals surface area contributed by atoms with Gasteiger partial charge in [-0.1, -0.05) is 24.3 Å². The highest BCUT2D eigenvalue weighted by Gasteiger charge is 2.24. The maximum atomic E-state index is 11.5. The Hall–Kier alpha value is -2.08. The molecule has 0 saturated carbocycles. The van der Waals surface area contributed by atoms with E-state index < -0.39 is 6.04 Å². The summed E-state index contributed by atoms with van der Waals surface area (Å²) in [6.45, 7) is 1.47. The summed E-state index contributed by atoms with van der Waals surface area (Å²) in [6, 6.07) is 9.16. The molecule has 1 aliphatic rings. The molecule has 2 rings (SSSR count). The molecule has 1 heterocycles. The first-order valence-electron chi connectivity index (χ1n) is 4.70. The molecule has 3 heteroatoms. The lowest BCUT2D eigenvalue weighted by molar-refractivity contribution is -0.116. The number of hydrogen-bond donors (Lipinski definition) is 0. The van der Waals surface area contributed by atoms with E-state index in [-0.39, 0.29) is 5.91 Å². The molecule has 0 aromatic heterocycles. The topological polar surface area (TPSA) is 44.1 Å². The minimum absolute atomic E-state index is 0.113. The standard InChI is InChI=1S/C12H10N2O/c1-9(15)14-11(8-13)7-6-10-4-2-3-5-12(10)14/h2-7,11H,1H3. The normalized spacial score (nSPS) is 18.1. The SMILES string of the molecule is CC(=O)N1c2ccccc2C=CC1C#N. The Morgan fingerprint density at radius 2 is 2.20 bits per heavy atom. The molecule has 0 fully saturated rings. The van der Waals surface area contributed by atoms with Crippen LogP contribution < -0.4 is 4.90 Å². The quantitative estimate of drug-likeness (QED) is 0.639.